The van der Waals surface area contributed by atoms with E-state index in [0.29, 0.717) is 0 Å². The maximum Gasteiger partial charge on any atom is 0.318 e. The molecular weight excluding hydrogens is 294 g/mol. The van der Waals surface area contributed by atoms with Crippen molar-refractivity contribution >= 4 is 25.8 Å². The summed E-state index contributed by atoms with van der Waals surface area (Å²) in [6.45, 7) is 4.08. The summed E-state index contributed by atoms with van der Waals surface area (Å²) in [5.74, 6) is -1.86. The number of sulfone groups is 1. The van der Waals surface area contributed by atoms with E-state index in [1.807, 2.05) is 0 Å². The number of hydrogen-bond acceptors (Lipinski definition) is 5. The average Bonchev–Trinajstić information content (AvgIpc) is 2.53. The molecule has 1 aliphatic heterocycles. The Hall–Kier alpha value is -0.670. The monoisotopic (exact) mass is 313 g/mol. The van der Waals surface area contributed by atoms with Crippen LogP contribution in [0.3, 0.4) is 0 Å². The molecule has 7 nitrogen and oxygen atoms in total. The van der Waals surface area contributed by atoms with Gasteiger partial charge in [-0.25, -0.2) is 16.8 Å². The molecule has 1 fully saturated rings. The highest BCUT2D eigenvalue weighted by Gasteiger charge is 2.44. The van der Waals surface area contributed by atoms with E-state index in [1.54, 1.807) is 20.8 Å². The number of sulfonamides is 1. The van der Waals surface area contributed by atoms with Crippen LogP contribution in [-0.4, -0.2) is 61.1 Å². The molecule has 0 radical (unpaired) electrons. The number of carboxylic acid groups (broad SMARTS) is 1. The van der Waals surface area contributed by atoms with E-state index in [-0.39, 0.29) is 12.2 Å². The molecule has 0 bridgehead atoms. The van der Waals surface area contributed by atoms with Crippen LogP contribution in [0, 0.1) is 0 Å². The molecule has 19 heavy (non-hydrogen) atoms. The van der Waals surface area contributed by atoms with Crippen LogP contribution in [0.4, 0.5) is 0 Å². The molecule has 1 saturated heterocycles. The molecule has 0 amide bonds. The fraction of sp³-hybridized carbons (Fsp3) is 0.900. The summed E-state index contributed by atoms with van der Waals surface area (Å²) in [5, 5.41) is 7.79. The molecule has 0 aromatic heterocycles. The highest BCUT2D eigenvalue weighted by molar-refractivity contribution is 7.95. The first-order valence-corrected chi connectivity index (χ1v) is 9.12. The van der Waals surface area contributed by atoms with E-state index in [2.05, 4.69) is 0 Å². The van der Waals surface area contributed by atoms with E-state index in [0.717, 1.165) is 4.31 Å². The van der Waals surface area contributed by atoms with Crippen LogP contribution in [0.1, 0.15) is 27.2 Å². The molecular formula is C10H19NO6S2. The molecule has 9 heteroatoms. The van der Waals surface area contributed by atoms with Gasteiger partial charge in [-0.3, -0.25) is 4.79 Å². The molecule has 1 heterocycles. The zero-order chi connectivity index (χ0) is 15.1. The van der Waals surface area contributed by atoms with Gasteiger partial charge in [-0.15, -0.1) is 0 Å². The minimum Gasteiger partial charge on any atom is -0.480 e. The third-order valence-electron chi connectivity index (χ3n) is 2.95. The Kier molecular flexibility index (Phi) is 4.33. The molecule has 1 unspecified atom stereocenters. The van der Waals surface area contributed by atoms with Crippen LogP contribution in [0.5, 0.6) is 0 Å². The van der Waals surface area contributed by atoms with Crippen molar-refractivity contribution in [3.05, 3.63) is 0 Å². The summed E-state index contributed by atoms with van der Waals surface area (Å²) in [5.41, 5.74) is -0.913. The van der Waals surface area contributed by atoms with Crippen molar-refractivity contribution in [2.24, 2.45) is 0 Å². The van der Waals surface area contributed by atoms with Gasteiger partial charge in [0.25, 0.3) is 0 Å². The molecule has 1 aliphatic rings. The minimum atomic E-state index is -3.95. The van der Waals surface area contributed by atoms with Crippen molar-refractivity contribution in [3.8, 4) is 0 Å². The van der Waals surface area contributed by atoms with Gasteiger partial charge in [-0.2, -0.15) is 4.31 Å². The van der Waals surface area contributed by atoms with Gasteiger partial charge in [0.05, 0.1) is 16.8 Å². The summed E-state index contributed by atoms with van der Waals surface area (Å²) < 4.78 is 48.4. The van der Waals surface area contributed by atoms with Crippen LogP contribution >= 0.6 is 0 Å². The highest BCUT2D eigenvalue weighted by Crippen LogP contribution is 2.27. The van der Waals surface area contributed by atoms with E-state index in [1.165, 1.54) is 0 Å². The molecule has 1 rings (SSSR count). The highest BCUT2D eigenvalue weighted by atomic mass is 32.2. The fourth-order valence-electron chi connectivity index (χ4n) is 2.01. The van der Waals surface area contributed by atoms with Gasteiger partial charge in [-0.1, -0.05) is 0 Å². The van der Waals surface area contributed by atoms with Crippen molar-refractivity contribution in [2.45, 2.75) is 38.0 Å². The smallest absolute Gasteiger partial charge is 0.318 e. The Morgan fingerprint density at radius 2 is 1.89 bits per heavy atom. The van der Waals surface area contributed by atoms with Crippen molar-refractivity contribution in [1.29, 1.82) is 0 Å². The summed E-state index contributed by atoms with van der Waals surface area (Å²) in [6, 6.07) is 0. The van der Waals surface area contributed by atoms with Gasteiger partial charge in [0.15, 0.2) is 9.84 Å². The third kappa shape index (κ3) is 3.90. The topological polar surface area (TPSA) is 109 Å². The lowest BCUT2D eigenvalue weighted by Gasteiger charge is -2.34. The normalized spacial score (nSPS) is 23.7. The second-order valence-electron chi connectivity index (χ2n) is 5.64. The van der Waals surface area contributed by atoms with E-state index >= 15 is 0 Å². The summed E-state index contributed by atoms with van der Waals surface area (Å²) in [4.78, 5) is 10.8. The zero-order valence-corrected chi connectivity index (χ0v) is 12.8. The Morgan fingerprint density at radius 1 is 1.37 bits per heavy atom. The van der Waals surface area contributed by atoms with E-state index in [9.17, 15) is 21.6 Å². The molecule has 1 atom stereocenters. The van der Waals surface area contributed by atoms with Crippen LogP contribution in [0.2, 0.25) is 0 Å². The Labute approximate surface area is 113 Å². The van der Waals surface area contributed by atoms with Crippen molar-refractivity contribution in [2.75, 3.05) is 18.1 Å². The van der Waals surface area contributed by atoms with Crippen LogP contribution in [-0.2, 0) is 24.7 Å². The Morgan fingerprint density at radius 3 is 2.21 bits per heavy atom. The predicted octanol–water partition coefficient (Wildman–Crippen LogP) is -0.312. The molecule has 0 aromatic carbocycles. The number of hydrogen-bond donors (Lipinski definition) is 1. The first-order valence-electron chi connectivity index (χ1n) is 5.80. The van der Waals surface area contributed by atoms with Crippen molar-refractivity contribution < 1.29 is 26.7 Å². The van der Waals surface area contributed by atoms with Crippen LogP contribution in [0.25, 0.3) is 0 Å². The van der Waals surface area contributed by atoms with Gasteiger partial charge in [0, 0.05) is 5.54 Å². The van der Waals surface area contributed by atoms with Gasteiger partial charge in [0.2, 0.25) is 10.0 Å². The van der Waals surface area contributed by atoms with Crippen molar-refractivity contribution in [1.82, 2.24) is 4.31 Å². The number of rotatable bonds is 4. The molecule has 0 saturated carbocycles. The minimum absolute atomic E-state index is 0.0247. The molecule has 0 aromatic rings. The van der Waals surface area contributed by atoms with Crippen molar-refractivity contribution in [3.63, 3.8) is 0 Å². The van der Waals surface area contributed by atoms with Gasteiger partial charge in [0.1, 0.15) is 6.54 Å². The summed E-state index contributed by atoms with van der Waals surface area (Å²) in [6.07, 6.45) is 0.0247. The first kappa shape index (κ1) is 16.4. The van der Waals surface area contributed by atoms with Gasteiger partial charge in [-0.05, 0) is 27.2 Å². The lowest BCUT2D eigenvalue weighted by atomic mass is 10.1. The lowest BCUT2D eigenvalue weighted by Crippen LogP contribution is -2.51. The largest absolute Gasteiger partial charge is 0.480 e. The number of aliphatic carboxylic acids is 1. The fourth-order valence-corrected chi connectivity index (χ4v) is 6.84. The van der Waals surface area contributed by atoms with Crippen LogP contribution < -0.4 is 0 Å². The van der Waals surface area contributed by atoms with Crippen LogP contribution in [0.15, 0.2) is 0 Å². The Balaban J connectivity index is 3.11. The van der Waals surface area contributed by atoms with Gasteiger partial charge >= 0.3 is 5.97 Å². The Bertz CT molecular complexity index is 557. The first-order chi connectivity index (χ1) is 8.36. The maximum absolute atomic E-state index is 12.4. The number of carbonyl (C=O) groups is 1. The lowest BCUT2D eigenvalue weighted by molar-refractivity contribution is -0.138. The third-order valence-corrected chi connectivity index (χ3v) is 7.46. The standard InChI is InChI=1S/C10H19NO6S2/c1-10(2,3)11(6-9(12)13)19(16,17)8-4-5-18(14,15)7-8/h8H,4-7H2,1-3H3,(H,12,13). The van der Waals surface area contributed by atoms with Gasteiger partial charge < -0.3 is 5.11 Å². The molecule has 1 N–H and O–H groups in total. The summed E-state index contributed by atoms with van der Waals surface area (Å²) in [7, 11) is -7.29. The number of carboxylic acids is 1. The SMILES string of the molecule is CC(C)(C)N(CC(=O)O)S(=O)(=O)C1CCS(=O)(=O)C1. The second kappa shape index (κ2) is 5.02. The molecule has 0 spiro atoms. The summed E-state index contributed by atoms with van der Waals surface area (Å²) >= 11 is 0. The van der Waals surface area contributed by atoms with E-state index < -0.39 is 48.9 Å². The molecule has 112 valence electrons. The zero-order valence-electron chi connectivity index (χ0n) is 11.2. The quantitative estimate of drug-likeness (QED) is 0.762. The molecule has 0 aliphatic carbocycles. The second-order valence-corrected chi connectivity index (χ2v) is 10.0. The number of nitrogens with zero attached hydrogens (tertiary/aromatic N) is 1. The van der Waals surface area contributed by atoms with E-state index in [4.69, 9.17) is 5.11 Å². The predicted molar refractivity (Wildman–Crippen MR) is 70.1 cm³/mol. The average molecular weight is 313 g/mol. The maximum atomic E-state index is 12.4.